The minimum Gasteiger partial charge on any atom is -0.507 e. The molecule has 0 aliphatic carbocycles. The molecule has 1 heterocycles. The SMILES string of the molecule is COc1cc(S(=O)(=O)O)c(Nc2nc(Cl)nc(Nc3ccc(N=Nc4c(N)c(S(=O)(=O)O)cc5cc(S(=O)(=O)O)cc(O)c45)c(S(=O)(=O)O)c3)n2)cc1S(=O)(=O)O. The fourth-order valence-corrected chi connectivity index (χ4v) is 8.14. The summed E-state index contributed by atoms with van der Waals surface area (Å²) in [5, 5.41) is 21.2. The predicted molar refractivity (Wildman–Crippen MR) is 194 cm³/mol. The zero-order valence-electron chi connectivity index (χ0n) is 27.5. The van der Waals surface area contributed by atoms with Gasteiger partial charge in [-0.25, -0.2) is 0 Å². The van der Waals surface area contributed by atoms with Crippen molar-refractivity contribution in [2.45, 2.75) is 24.5 Å². The highest BCUT2D eigenvalue weighted by molar-refractivity contribution is 7.87. The van der Waals surface area contributed by atoms with Crippen LogP contribution in [-0.2, 0) is 50.6 Å². The van der Waals surface area contributed by atoms with Gasteiger partial charge in [-0.1, -0.05) is 0 Å². The van der Waals surface area contributed by atoms with E-state index in [0.717, 1.165) is 25.3 Å². The number of fused-ring (bicyclic) bond motifs is 1. The molecule has 0 bridgehead atoms. The van der Waals surface area contributed by atoms with Crippen LogP contribution in [0.3, 0.4) is 0 Å². The monoisotopic (exact) mass is 912 g/mol. The molecule has 0 saturated carbocycles. The molecule has 0 spiro atoms. The Morgan fingerprint density at radius 2 is 1.25 bits per heavy atom. The minimum atomic E-state index is -5.22. The molecular weight excluding hydrogens is 892 g/mol. The van der Waals surface area contributed by atoms with Crippen LogP contribution in [0.4, 0.5) is 40.3 Å². The number of nitrogen functional groups attached to an aromatic ring is 1. The number of phenolic OH excluding ortho intramolecular Hbond substituents is 1. The first kappa shape index (κ1) is 42.7. The lowest BCUT2D eigenvalue weighted by Gasteiger charge is -2.14. The van der Waals surface area contributed by atoms with E-state index in [9.17, 15) is 70.0 Å². The molecule has 25 nitrogen and oxygen atoms in total. The second-order valence-electron chi connectivity index (χ2n) is 10.9. The summed E-state index contributed by atoms with van der Waals surface area (Å²) < 4.78 is 174. The van der Waals surface area contributed by atoms with Gasteiger partial charge < -0.3 is 26.2 Å². The van der Waals surface area contributed by atoms with E-state index in [4.69, 9.17) is 22.1 Å². The molecule has 0 aliphatic heterocycles. The maximum atomic E-state index is 12.4. The van der Waals surface area contributed by atoms with E-state index < -0.39 is 137 Å². The van der Waals surface area contributed by atoms with Crippen LogP contribution in [-0.4, -0.2) is 92.0 Å². The minimum absolute atomic E-state index is 0.250. The van der Waals surface area contributed by atoms with Gasteiger partial charge in [0.05, 0.1) is 28.8 Å². The number of azo groups is 1. The third-order valence-electron chi connectivity index (χ3n) is 7.17. The molecule has 1 aromatic heterocycles. The van der Waals surface area contributed by atoms with Crippen molar-refractivity contribution in [3.05, 3.63) is 53.8 Å². The van der Waals surface area contributed by atoms with Crippen LogP contribution in [0.15, 0.2) is 83.2 Å². The van der Waals surface area contributed by atoms with Crippen molar-refractivity contribution in [1.29, 1.82) is 0 Å². The zero-order valence-corrected chi connectivity index (χ0v) is 32.4. The van der Waals surface area contributed by atoms with Gasteiger partial charge in [0.1, 0.15) is 42.5 Å². The average Bonchev–Trinajstić information content (AvgIpc) is 3.05. The third kappa shape index (κ3) is 9.42. The van der Waals surface area contributed by atoms with Crippen molar-refractivity contribution < 1.29 is 74.7 Å². The molecule has 57 heavy (non-hydrogen) atoms. The molecule has 0 radical (unpaired) electrons. The van der Waals surface area contributed by atoms with Gasteiger partial charge in [-0.3, -0.25) is 22.8 Å². The maximum Gasteiger partial charge on any atom is 0.298 e. The zero-order chi connectivity index (χ0) is 42.6. The first-order valence-electron chi connectivity index (χ1n) is 14.3. The summed E-state index contributed by atoms with van der Waals surface area (Å²) in [5.74, 6) is -2.77. The van der Waals surface area contributed by atoms with Crippen LogP contribution in [0, 0.1) is 0 Å². The number of nitrogens with zero attached hydrogens (tertiary/aromatic N) is 5. The van der Waals surface area contributed by atoms with Crippen LogP contribution < -0.4 is 21.1 Å². The Balaban J connectivity index is 1.58. The fraction of sp³-hybridized carbons (Fsp3) is 0.0385. The number of benzene rings is 4. The van der Waals surface area contributed by atoms with Gasteiger partial charge in [0.25, 0.3) is 50.6 Å². The van der Waals surface area contributed by atoms with Crippen molar-refractivity contribution in [3.63, 3.8) is 0 Å². The molecular formula is C26H21ClN8O17S5. The molecule has 0 atom stereocenters. The summed E-state index contributed by atoms with van der Waals surface area (Å²) in [6, 6.07) is 5.72. The highest BCUT2D eigenvalue weighted by Gasteiger charge is 2.27. The second kappa shape index (κ2) is 14.8. The smallest absolute Gasteiger partial charge is 0.298 e. The molecule has 4 aromatic carbocycles. The van der Waals surface area contributed by atoms with E-state index in [0.29, 0.717) is 30.3 Å². The Kier molecular flexibility index (Phi) is 11.1. The van der Waals surface area contributed by atoms with Gasteiger partial charge in [-0.05, 0) is 53.4 Å². The molecule has 304 valence electrons. The Morgan fingerprint density at radius 1 is 0.667 bits per heavy atom. The molecule has 5 aromatic rings. The van der Waals surface area contributed by atoms with Gasteiger partial charge in [0.2, 0.25) is 17.2 Å². The standard InChI is InChI=1S/C26H21ClN8O17S5/c1-52-16-9-18(55(43,44)45)14(8-19(16)56(46,47)48)30-26-32-24(27)31-25(33-26)29-11-2-3-13(17(6-11)54(40,41)42)34-35-23-21-10(5-20(22(23)28)57(49,50)51)4-12(7-15(21)36)53(37,38)39/h2-9,36H,28H2,1H3,(H,37,38,39)(H,40,41,42)(H,43,44,45)(H,46,47,48)(H,49,50,51)(H2,29,30,31,32,33). The molecule has 5 rings (SSSR count). The fourth-order valence-electron chi connectivity index (χ4n) is 4.84. The topological polar surface area (TPSA) is 415 Å². The van der Waals surface area contributed by atoms with Crippen LogP contribution in [0.5, 0.6) is 11.5 Å². The van der Waals surface area contributed by atoms with Crippen LogP contribution >= 0.6 is 11.6 Å². The van der Waals surface area contributed by atoms with Gasteiger partial charge in [0.15, 0.2) is 0 Å². The highest BCUT2D eigenvalue weighted by Crippen LogP contribution is 2.44. The highest BCUT2D eigenvalue weighted by atomic mass is 35.5. The van der Waals surface area contributed by atoms with E-state index in [-0.39, 0.29) is 5.69 Å². The summed E-state index contributed by atoms with van der Waals surface area (Å²) in [5.41, 5.74) is 2.64. The summed E-state index contributed by atoms with van der Waals surface area (Å²) in [6.07, 6.45) is 0. The Hall–Kier alpha value is -5.41. The number of ether oxygens (including phenoxy) is 1. The number of aromatic hydroxyl groups is 1. The number of hydrogen-bond donors (Lipinski definition) is 9. The number of phenols is 1. The van der Waals surface area contributed by atoms with E-state index in [1.165, 1.54) is 0 Å². The number of hydrogen-bond acceptors (Lipinski definition) is 20. The van der Waals surface area contributed by atoms with E-state index in [2.05, 4.69) is 35.8 Å². The number of rotatable bonds is 12. The average molecular weight is 913 g/mol. The van der Waals surface area contributed by atoms with Crippen molar-refractivity contribution in [2.75, 3.05) is 23.5 Å². The Labute approximate surface area is 325 Å². The normalized spacial score (nSPS) is 12.9. The first-order chi connectivity index (χ1) is 26.1. The predicted octanol–water partition coefficient (Wildman–Crippen LogP) is 3.11. The molecule has 0 fully saturated rings. The summed E-state index contributed by atoms with van der Waals surface area (Å²) in [7, 11) is -24.6. The van der Waals surface area contributed by atoms with Crippen molar-refractivity contribution in [3.8, 4) is 11.5 Å². The number of methoxy groups -OCH3 is 1. The molecule has 0 aliphatic rings. The lowest BCUT2D eigenvalue weighted by molar-refractivity contribution is 0.395. The molecule has 0 unspecified atom stereocenters. The number of nitrogens with two attached hydrogens (primary N) is 1. The number of aromatic nitrogens is 3. The number of halogens is 1. The van der Waals surface area contributed by atoms with E-state index in [1.54, 1.807) is 0 Å². The lowest BCUT2D eigenvalue weighted by atomic mass is 10.1. The quantitative estimate of drug-likeness (QED) is 0.0493. The Morgan fingerprint density at radius 3 is 1.79 bits per heavy atom. The van der Waals surface area contributed by atoms with Gasteiger partial charge >= 0.3 is 0 Å². The Bertz CT molecular complexity index is 3130. The van der Waals surface area contributed by atoms with Gasteiger partial charge in [0, 0.05) is 17.8 Å². The number of nitrogens with one attached hydrogen (secondary N) is 2. The number of anilines is 5. The van der Waals surface area contributed by atoms with Gasteiger partial charge in [-0.2, -0.15) is 57.0 Å². The van der Waals surface area contributed by atoms with Gasteiger partial charge in [-0.15, -0.1) is 10.2 Å². The van der Waals surface area contributed by atoms with Crippen molar-refractivity contribution in [1.82, 2.24) is 15.0 Å². The second-order valence-corrected chi connectivity index (χ2v) is 18.3. The third-order valence-corrected chi connectivity index (χ3v) is 11.7. The van der Waals surface area contributed by atoms with E-state index >= 15 is 0 Å². The van der Waals surface area contributed by atoms with Crippen molar-refractivity contribution in [2.24, 2.45) is 10.2 Å². The summed E-state index contributed by atoms with van der Waals surface area (Å²) in [6.45, 7) is 0. The summed E-state index contributed by atoms with van der Waals surface area (Å²) in [4.78, 5) is 6.49. The largest absolute Gasteiger partial charge is 0.507 e. The molecule has 0 saturated heterocycles. The van der Waals surface area contributed by atoms with Crippen molar-refractivity contribution >= 4 is 113 Å². The summed E-state index contributed by atoms with van der Waals surface area (Å²) >= 11 is 5.98. The van der Waals surface area contributed by atoms with Crippen LogP contribution in [0.25, 0.3) is 10.8 Å². The van der Waals surface area contributed by atoms with E-state index in [1.807, 2.05) is 0 Å². The lowest BCUT2D eigenvalue weighted by Crippen LogP contribution is -2.10. The molecule has 10 N–H and O–H groups in total. The van der Waals surface area contributed by atoms with Crippen LogP contribution in [0.1, 0.15) is 0 Å². The molecule has 0 amide bonds. The maximum absolute atomic E-state index is 12.4. The molecule has 31 heteroatoms. The first-order valence-corrected chi connectivity index (χ1v) is 21.9. The van der Waals surface area contributed by atoms with Crippen LogP contribution in [0.2, 0.25) is 5.28 Å².